The van der Waals surface area contributed by atoms with Gasteiger partial charge in [-0.3, -0.25) is 9.59 Å². The van der Waals surface area contributed by atoms with Gasteiger partial charge in [0.1, 0.15) is 6.33 Å². The summed E-state index contributed by atoms with van der Waals surface area (Å²) in [6, 6.07) is 8.18. The summed E-state index contributed by atoms with van der Waals surface area (Å²) in [4.78, 5) is 37.0. The molecule has 2 fully saturated rings. The molecule has 0 spiro atoms. The Morgan fingerprint density at radius 3 is 2.61 bits per heavy atom. The lowest BCUT2D eigenvalue weighted by molar-refractivity contribution is -0.142. The molecule has 176 valence electrons. The van der Waals surface area contributed by atoms with Crippen molar-refractivity contribution in [2.24, 2.45) is 11.3 Å². The Morgan fingerprint density at radius 1 is 1.09 bits per heavy atom. The van der Waals surface area contributed by atoms with Crippen molar-refractivity contribution in [2.45, 2.75) is 64.7 Å². The lowest BCUT2D eigenvalue weighted by Gasteiger charge is -2.42. The Hall–Kier alpha value is -2.76. The van der Waals surface area contributed by atoms with Crippen LogP contribution in [0.15, 0.2) is 43.0 Å². The van der Waals surface area contributed by atoms with Gasteiger partial charge < -0.3 is 10.2 Å². The molecule has 1 saturated heterocycles. The van der Waals surface area contributed by atoms with E-state index in [1.807, 2.05) is 36.4 Å². The fourth-order valence-electron chi connectivity index (χ4n) is 5.63. The summed E-state index contributed by atoms with van der Waals surface area (Å²) >= 11 is 0. The number of piperidine rings is 1. The number of nitrogens with one attached hydrogen (secondary N) is 1. The third-order valence-electron chi connectivity index (χ3n) is 7.35. The van der Waals surface area contributed by atoms with E-state index in [-0.39, 0.29) is 11.8 Å². The maximum Gasteiger partial charge on any atom is 0.228 e. The first-order valence-corrected chi connectivity index (χ1v) is 12.5. The van der Waals surface area contributed by atoms with E-state index in [2.05, 4.69) is 27.4 Å². The van der Waals surface area contributed by atoms with Gasteiger partial charge in [-0.05, 0) is 56.1 Å². The second-order valence-electron chi connectivity index (χ2n) is 9.73. The van der Waals surface area contributed by atoms with Gasteiger partial charge in [0, 0.05) is 44.0 Å². The molecule has 33 heavy (non-hydrogen) atoms. The molecule has 2 aromatic rings. The van der Waals surface area contributed by atoms with Crippen LogP contribution in [0.5, 0.6) is 0 Å². The standard InChI is InChI=1S/C27H36N4O2/c1-2-30-26(33)27(16-22-11-6-7-12-24(22)23-17-28-20-29-18-23)13-8-14-31(19-27)25(32)15-21-9-4-3-5-10-21/h6-7,11-12,17-18,20-21H,2-5,8-10,13-16,19H2,1H3,(H,30,33). The molecular formula is C27H36N4O2. The number of carbonyl (C=O) groups excluding carboxylic acids is 2. The van der Waals surface area contributed by atoms with Gasteiger partial charge in [-0.15, -0.1) is 0 Å². The van der Waals surface area contributed by atoms with Gasteiger partial charge in [0.25, 0.3) is 0 Å². The van der Waals surface area contributed by atoms with Gasteiger partial charge in [-0.25, -0.2) is 9.97 Å². The van der Waals surface area contributed by atoms with E-state index in [1.54, 1.807) is 0 Å². The zero-order valence-electron chi connectivity index (χ0n) is 19.8. The summed E-state index contributed by atoms with van der Waals surface area (Å²) in [5.41, 5.74) is 2.47. The van der Waals surface area contributed by atoms with Crippen LogP contribution in [0.25, 0.3) is 11.1 Å². The molecule has 2 aliphatic rings. The third-order valence-corrected chi connectivity index (χ3v) is 7.35. The number of likely N-dealkylation sites (tertiary alicyclic amines) is 1. The average Bonchev–Trinajstić information content (AvgIpc) is 2.86. The van der Waals surface area contributed by atoms with E-state index in [9.17, 15) is 9.59 Å². The third kappa shape index (κ3) is 5.60. The molecule has 1 atom stereocenters. The number of aromatic nitrogens is 2. The molecule has 0 bridgehead atoms. The Balaban J connectivity index is 1.58. The fourth-order valence-corrected chi connectivity index (χ4v) is 5.63. The highest BCUT2D eigenvalue weighted by molar-refractivity contribution is 5.85. The van der Waals surface area contributed by atoms with Crippen molar-refractivity contribution in [3.63, 3.8) is 0 Å². The average molecular weight is 449 g/mol. The first-order chi connectivity index (χ1) is 16.1. The van der Waals surface area contributed by atoms with Crippen molar-refractivity contribution in [3.8, 4) is 11.1 Å². The Morgan fingerprint density at radius 2 is 1.85 bits per heavy atom. The Kier molecular flexibility index (Phi) is 7.73. The van der Waals surface area contributed by atoms with Crippen LogP contribution in [-0.2, 0) is 16.0 Å². The largest absolute Gasteiger partial charge is 0.356 e. The molecule has 0 radical (unpaired) electrons. The van der Waals surface area contributed by atoms with Crippen molar-refractivity contribution < 1.29 is 9.59 Å². The number of hydrogen-bond acceptors (Lipinski definition) is 4. The first kappa shape index (κ1) is 23.4. The van der Waals surface area contributed by atoms with Crippen LogP contribution < -0.4 is 5.32 Å². The van der Waals surface area contributed by atoms with Crippen LogP contribution in [0.3, 0.4) is 0 Å². The highest BCUT2D eigenvalue weighted by atomic mass is 16.2. The van der Waals surface area contributed by atoms with Crippen LogP contribution >= 0.6 is 0 Å². The topological polar surface area (TPSA) is 75.2 Å². The van der Waals surface area contributed by atoms with Crippen molar-refractivity contribution in [2.75, 3.05) is 19.6 Å². The summed E-state index contributed by atoms with van der Waals surface area (Å²) in [6.07, 6.45) is 14.1. The predicted octanol–water partition coefficient (Wildman–Crippen LogP) is 4.40. The number of carbonyl (C=O) groups is 2. The number of amides is 2. The summed E-state index contributed by atoms with van der Waals surface area (Å²) in [7, 11) is 0. The van der Waals surface area contributed by atoms with Gasteiger partial charge in [0.15, 0.2) is 0 Å². The summed E-state index contributed by atoms with van der Waals surface area (Å²) in [5.74, 6) is 0.783. The SMILES string of the molecule is CCNC(=O)C1(Cc2ccccc2-c2cncnc2)CCCN(C(=O)CC2CCCCC2)C1. The van der Waals surface area contributed by atoms with Crippen molar-refractivity contribution >= 4 is 11.8 Å². The number of hydrogen-bond donors (Lipinski definition) is 1. The molecular weight excluding hydrogens is 412 g/mol. The number of nitrogens with zero attached hydrogens (tertiary/aromatic N) is 3. The van der Waals surface area contributed by atoms with E-state index in [4.69, 9.17) is 0 Å². The molecule has 1 unspecified atom stereocenters. The van der Waals surface area contributed by atoms with Gasteiger partial charge in [-0.1, -0.05) is 43.5 Å². The molecule has 4 rings (SSSR count). The molecule has 2 amide bonds. The predicted molar refractivity (Wildman–Crippen MR) is 129 cm³/mol. The van der Waals surface area contributed by atoms with Crippen molar-refractivity contribution in [1.29, 1.82) is 0 Å². The molecule has 2 heterocycles. The van der Waals surface area contributed by atoms with Gasteiger partial charge in [-0.2, -0.15) is 0 Å². The van der Waals surface area contributed by atoms with Crippen LogP contribution in [0, 0.1) is 11.3 Å². The van der Waals surface area contributed by atoms with Crippen LogP contribution in [-0.4, -0.2) is 46.3 Å². The van der Waals surface area contributed by atoms with Crippen LogP contribution in [0.1, 0.15) is 63.9 Å². The molecule has 6 nitrogen and oxygen atoms in total. The van der Waals surface area contributed by atoms with E-state index in [0.717, 1.165) is 48.9 Å². The normalized spacial score (nSPS) is 21.5. The summed E-state index contributed by atoms with van der Waals surface area (Å²) in [5, 5.41) is 3.07. The quantitative estimate of drug-likeness (QED) is 0.681. The molecule has 6 heteroatoms. The highest BCUT2D eigenvalue weighted by Gasteiger charge is 2.43. The molecule has 1 aromatic heterocycles. The second kappa shape index (κ2) is 10.9. The maximum absolute atomic E-state index is 13.5. The first-order valence-electron chi connectivity index (χ1n) is 12.5. The molecule has 1 aromatic carbocycles. The molecule has 1 saturated carbocycles. The lowest BCUT2D eigenvalue weighted by Crippen LogP contribution is -2.54. The Bertz CT molecular complexity index is 942. The maximum atomic E-state index is 13.5. The zero-order chi connectivity index (χ0) is 23.1. The van der Waals surface area contributed by atoms with E-state index in [0.29, 0.717) is 31.8 Å². The van der Waals surface area contributed by atoms with Crippen LogP contribution in [0.4, 0.5) is 0 Å². The minimum Gasteiger partial charge on any atom is -0.356 e. The van der Waals surface area contributed by atoms with Gasteiger partial charge >= 0.3 is 0 Å². The summed E-state index contributed by atoms with van der Waals surface area (Å²) < 4.78 is 0. The smallest absolute Gasteiger partial charge is 0.228 e. The number of rotatable bonds is 7. The minimum atomic E-state index is -0.623. The Labute approximate surface area is 197 Å². The fraction of sp³-hybridized carbons (Fsp3) is 0.556. The van der Waals surface area contributed by atoms with Gasteiger partial charge in [0.05, 0.1) is 5.41 Å². The van der Waals surface area contributed by atoms with Gasteiger partial charge in [0.2, 0.25) is 11.8 Å². The van der Waals surface area contributed by atoms with Crippen LogP contribution in [0.2, 0.25) is 0 Å². The van der Waals surface area contributed by atoms with E-state index in [1.165, 1.54) is 25.6 Å². The monoisotopic (exact) mass is 448 g/mol. The number of benzene rings is 1. The van der Waals surface area contributed by atoms with Crippen molar-refractivity contribution in [1.82, 2.24) is 20.2 Å². The van der Waals surface area contributed by atoms with E-state index < -0.39 is 5.41 Å². The highest BCUT2D eigenvalue weighted by Crippen LogP contribution is 2.38. The lowest BCUT2D eigenvalue weighted by atomic mass is 9.73. The molecule has 1 aliphatic heterocycles. The van der Waals surface area contributed by atoms with E-state index >= 15 is 0 Å². The second-order valence-corrected chi connectivity index (χ2v) is 9.73. The molecule has 1 aliphatic carbocycles. The zero-order valence-corrected chi connectivity index (χ0v) is 19.8. The van der Waals surface area contributed by atoms with Crippen molar-refractivity contribution in [3.05, 3.63) is 48.5 Å². The molecule has 1 N–H and O–H groups in total. The summed E-state index contributed by atoms with van der Waals surface area (Å²) in [6.45, 7) is 3.78. The minimum absolute atomic E-state index is 0.0549.